The molecular formula is C22H29FeN6S+. The van der Waals surface area contributed by atoms with Gasteiger partial charge in [0.15, 0.2) is 12.3 Å². The number of aromatic nitrogens is 1. The molecule has 0 aliphatic carbocycles. The van der Waals surface area contributed by atoms with Crippen LogP contribution < -0.4 is 0 Å². The number of fused-ring (bicyclic) bond motifs is 2. The Bertz CT molecular complexity index is 863. The average Bonchev–Trinajstić information content (AvgIpc) is 2.68. The normalized spacial score (nSPS) is 31.5. The van der Waals surface area contributed by atoms with Gasteiger partial charge in [-0.1, -0.05) is 29.4 Å². The first-order chi connectivity index (χ1) is 14.2. The summed E-state index contributed by atoms with van der Waals surface area (Å²) in [5.74, 6) is 0. The van der Waals surface area contributed by atoms with E-state index in [9.17, 15) is 5.26 Å². The third kappa shape index (κ3) is 5.42. The Balaban J connectivity index is 0.00000256. The third-order valence-electron chi connectivity index (χ3n) is 5.83. The Kier molecular flexibility index (Phi) is 8.29. The summed E-state index contributed by atoms with van der Waals surface area (Å²) in [6, 6.07) is 6.26. The van der Waals surface area contributed by atoms with Crippen LogP contribution in [-0.2, 0) is 23.6 Å². The van der Waals surface area contributed by atoms with E-state index in [1.165, 1.54) is 11.8 Å². The zero-order valence-corrected chi connectivity index (χ0v) is 19.3. The Morgan fingerprint density at radius 1 is 1.20 bits per heavy atom. The van der Waals surface area contributed by atoms with Crippen molar-refractivity contribution in [3.8, 4) is 5.40 Å². The van der Waals surface area contributed by atoms with Gasteiger partial charge in [0.05, 0.1) is 5.69 Å². The van der Waals surface area contributed by atoms with Crippen LogP contribution in [0.2, 0.25) is 0 Å². The summed E-state index contributed by atoms with van der Waals surface area (Å²) in [5, 5.41) is 16.8. The smallest absolute Gasteiger partial charge is 0.216 e. The Morgan fingerprint density at radius 2 is 2.03 bits per heavy atom. The van der Waals surface area contributed by atoms with Crippen molar-refractivity contribution in [3.05, 3.63) is 53.9 Å². The van der Waals surface area contributed by atoms with Crippen molar-refractivity contribution < 1.29 is 21.7 Å². The van der Waals surface area contributed by atoms with Crippen molar-refractivity contribution >= 4 is 17.5 Å². The minimum atomic E-state index is -0.0859. The minimum Gasteiger partial charge on any atom is -0.306 e. The second-order valence-electron chi connectivity index (χ2n) is 8.11. The molecule has 0 N–H and O–H groups in total. The predicted molar refractivity (Wildman–Crippen MR) is 118 cm³/mol. The molecule has 5 heterocycles. The molecule has 3 atom stereocenters. The number of thioether (sulfide) groups is 1. The zero-order valence-electron chi connectivity index (χ0n) is 17.4. The molecule has 1 aromatic heterocycles. The van der Waals surface area contributed by atoms with E-state index in [4.69, 9.17) is 10.1 Å². The molecule has 6 nitrogen and oxygen atoms in total. The number of quaternary nitrogens is 1. The summed E-state index contributed by atoms with van der Waals surface area (Å²) >= 11 is 1.30. The van der Waals surface area contributed by atoms with E-state index in [2.05, 4.69) is 64.8 Å². The van der Waals surface area contributed by atoms with E-state index in [-0.39, 0.29) is 22.4 Å². The maximum atomic E-state index is 9.56. The van der Waals surface area contributed by atoms with Gasteiger partial charge in [-0.15, -0.1) is 0 Å². The number of thiocyanates is 1. The summed E-state index contributed by atoms with van der Waals surface area (Å²) in [6.07, 6.45) is 10.8. The largest absolute Gasteiger partial charge is 0.306 e. The predicted octanol–water partition coefficient (Wildman–Crippen LogP) is 3.13. The van der Waals surface area contributed by atoms with Crippen LogP contribution in [0.3, 0.4) is 0 Å². The van der Waals surface area contributed by atoms with E-state index in [0.717, 1.165) is 75.8 Å². The van der Waals surface area contributed by atoms with Gasteiger partial charge in [-0.25, -0.2) is 4.98 Å². The molecule has 0 fully saturated rings. The van der Waals surface area contributed by atoms with Gasteiger partial charge in [0.1, 0.15) is 17.6 Å². The number of allylic oxidation sites excluding steroid dienone is 2. The molecule has 0 saturated carbocycles. The molecule has 0 aromatic carbocycles. The maximum absolute atomic E-state index is 9.56. The first-order valence-corrected chi connectivity index (χ1v) is 11.3. The summed E-state index contributed by atoms with van der Waals surface area (Å²) in [7, 11) is 2.21. The number of hydrogen-bond acceptors (Lipinski definition) is 6. The standard InChI is InChI=1S/C22H29N6S.Fe/c1-26-11-6-14-27-13-4-2-3-8-20-17-28(25-20,15-7-12-26)22(29-18-23)21-10-5-9-19(16-27)24-21;/h2-5,8-10,22H,6-7,11-17H2,1H3;/q+1;/b4-2+,8-3+;. The fourth-order valence-electron chi connectivity index (χ4n) is 4.38. The Morgan fingerprint density at radius 3 is 2.87 bits per heavy atom. The van der Waals surface area contributed by atoms with Crippen molar-refractivity contribution in [2.24, 2.45) is 5.10 Å². The first kappa shape index (κ1) is 23.2. The van der Waals surface area contributed by atoms with Crippen LogP contribution >= 0.6 is 11.8 Å². The van der Waals surface area contributed by atoms with Crippen molar-refractivity contribution in [2.45, 2.75) is 24.8 Å². The SMILES string of the molecule is CN1CCCN2C/C=C/C=C/C3=N[N+](CCC1)(C3)C(SC#N)c1cccc(n1)C2.[Fe]. The van der Waals surface area contributed by atoms with Gasteiger partial charge in [-0.3, -0.25) is 4.90 Å². The number of rotatable bonds is 1. The van der Waals surface area contributed by atoms with Crippen LogP contribution in [0.4, 0.5) is 0 Å². The van der Waals surface area contributed by atoms with Crippen molar-refractivity contribution in [1.29, 1.82) is 5.26 Å². The van der Waals surface area contributed by atoms with Crippen molar-refractivity contribution in [2.75, 3.05) is 46.3 Å². The Hall–Kier alpha value is -1.46. The quantitative estimate of drug-likeness (QED) is 0.363. The zero-order chi connectivity index (χ0) is 20.1. The van der Waals surface area contributed by atoms with E-state index in [1.54, 1.807) is 0 Å². The van der Waals surface area contributed by atoms with Crippen molar-refractivity contribution in [3.63, 3.8) is 0 Å². The van der Waals surface area contributed by atoms with Gasteiger partial charge in [0.25, 0.3) is 0 Å². The molecule has 0 amide bonds. The van der Waals surface area contributed by atoms with Gasteiger partial charge in [0.2, 0.25) is 5.37 Å². The van der Waals surface area contributed by atoms with Crippen LogP contribution in [0, 0.1) is 10.7 Å². The van der Waals surface area contributed by atoms with Crippen molar-refractivity contribution in [1.82, 2.24) is 14.8 Å². The average molecular weight is 465 g/mol. The molecule has 4 aliphatic rings. The van der Waals surface area contributed by atoms with Crippen LogP contribution in [0.5, 0.6) is 0 Å². The monoisotopic (exact) mass is 465 g/mol. The minimum absolute atomic E-state index is 0. The first-order valence-electron chi connectivity index (χ1n) is 10.4. The number of nitrogens with zero attached hydrogens (tertiary/aromatic N) is 6. The van der Waals surface area contributed by atoms with Gasteiger partial charge in [0, 0.05) is 61.4 Å². The maximum Gasteiger partial charge on any atom is 0.216 e. The molecule has 5 bridgehead atoms. The molecule has 3 unspecified atom stereocenters. The molecule has 1 spiro atoms. The summed E-state index contributed by atoms with van der Waals surface area (Å²) in [4.78, 5) is 9.89. The van der Waals surface area contributed by atoms with E-state index in [0.29, 0.717) is 4.59 Å². The van der Waals surface area contributed by atoms with Gasteiger partial charge >= 0.3 is 0 Å². The van der Waals surface area contributed by atoms with Crippen LogP contribution in [0.1, 0.15) is 29.6 Å². The van der Waals surface area contributed by atoms with Crippen LogP contribution in [0.25, 0.3) is 0 Å². The second-order valence-corrected chi connectivity index (χ2v) is 8.97. The van der Waals surface area contributed by atoms with Gasteiger partial charge in [-0.05, 0) is 38.2 Å². The number of hydrogen-bond donors (Lipinski definition) is 0. The third-order valence-corrected chi connectivity index (χ3v) is 6.79. The van der Waals surface area contributed by atoms with E-state index >= 15 is 0 Å². The molecule has 0 saturated heterocycles. The van der Waals surface area contributed by atoms with Crippen LogP contribution in [0.15, 0.2) is 47.6 Å². The molecular weight excluding hydrogens is 436 g/mol. The molecule has 30 heavy (non-hydrogen) atoms. The fourth-order valence-corrected chi connectivity index (χ4v) is 5.16. The molecule has 160 valence electrons. The Labute approximate surface area is 194 Å². The van der Waals surface area contributed by atoms with E-state index < -0.39 is 0 Å². The second kappa shape index (κ2) is 10.7. The molecule has 8 heteroatoms. The summed E-state index contributed by atoms with van der Waals surface area (Å²) in [6.45, 7) is 6.71. The molecule has 1 aromatic rings. The van der Waals surface area contributed by atoms with Gasteiger partial charge < -0.3 is 4.90 Å². The summed E-state index contributed by atoms with van der Waals surface area (Å²) in [5.41, 5.74) is 3.14. The van der Waals surface area contributed by atoms with E-state index in [1.807, 2.05) is 0 Å². The fraction of sp³-hybridized carbons (Fsp3) is 0.500. The summed E-state index contributed by atoms with van der Waals surface area (Å²) < 4.78 is 0.565. The molecule has 0 radical (unpaired) electrons. The molecule has 5 rings (SSSR count). The number of nitriles is 1. The topological polar surface area (TPSA) is 55.5 Å². The van der Waals surface area contributed by atoms with Crippen LogP contribution in [-0.4, -0.2) is 71.4 Å². The molecule has 4 aliphatic heterocycles. The number of pyridine rings is 1. The van der Waals surface area contributed by atoms with Gasteiger partial charge in [-0.2, -0.15) is 9.85 Å².